The average Bonchev–Trinajstić information content (AvgIpc) is 2.47. The highest BCUT2D eigenvalue weighted by Gasteiger charge is 2.33. The summed E-state index contributed by atoms with van der Waals surface area (Å²) in [5, 5.41) is -0.957. The van der Waals surface area contributed by atoms with Crippen LogP contribution in [0.1, 0.15) is 12.5 Å². The van der Waals surface area contributed by atoms with E-state index in [2.05, 4.69) is 0 Å². The Morgan fingerprint density at radius 2 is 1.70 bits per heavy atom. The maximum absolute atomic E-state index is 12.1. The van der Waals surface area contributed by atoms with E-state index in [1.807, 2.05) is 0 Å². The SMILES string of the molecule is CCOC(=O)/C(C(=O)C(=O)Cl)=C(\[O][Al]([Cl])[Cl])c1ccc(Cl)cc1. The summed E-state index contributed by atoms with van der Waals surface area (Å²) in [6.45, 7) is 1.51. The minimum atomic E-state index is -2.76. The van der Waals surface area contributed by atoms with Crippen molar-refractivity contribution in [3.63, 3.8) is 0 Å². The van der Waals surface area contributed by atoms with Gasteiger partial charge in [-0.25, -0.2) is 4.79 Å². The van der Waals surface area contributed by atoms with Crippen LogP contribution in [0.15, 0.2) is 29.8 Å². The number of hydrogen-bond donors (Lipinski definition) is 0. The summed E-state index contributed by atoms with van der Waals surface area (Å²) in [6, 6.07) is 5.92. The zero-order valence-corrected chi connectivity index (χ0v) is 15.8. The smallest absolute Gasteiger partial charge is 0.619 e. The third-order valence-electron chi connectivity index (χ3n) is 2.43. The van der Waals surface area contributed by atoms with Crippen LogP contribution >= 0.6 is 43.3 Å². The van der Waals surface area contributed by atoms with Gasteiger partial charge in [-0.1, -0.05) is 11.6 Å². The Morgan fingerprint density at radius 1 is 1.13 bits per heavy atom. The van der Waals surface area contributed by atoms with Gasteiger partial charge >= 0.3 is 18.6 Å². The maximum atomic E-state index is 12.1. The number of carbonyl (C=O) groups excluding carboxylic acids is 3. The molecule has 0 atom stereocenters. The van der Waals surface area contributed by atoms with E-state index < -0.39 is 35.2 Å². The number of ketones is 1. The lowest BCUT2D eigenvalue weighted by Gasteiger charge is -2.15. The lowest BCUT2D eigenvalue weighted by Crippen LogP contribution is -2.23. The molecule has 0 heterocycles. The van der Waals surface area contributed by atoms with Crippen molar-refractivity contribution in [2.75, 3.05) is 6.61 Å². The highest BCUT2D eigenvalue weighted by molar-refractivity contribution is 7.31. The largest absolute Gasteiger partial charge is 0.815 e. The molecule has 122 valence electrons. The van der Waals surface area contributed by atoms with Crippen LogP contribution in [-0.2, 0) is 22.9 Å². The molecular formula is C13H9AlCl4O5. The molecule has 0 bridgehead atoms. The Kier molecular flexibility index (Phi) is 8.42. The molecule has 0 spiro atoms. The summed E-state index contributed by atoms with van der Waals surface area (Å²) in [5.74, 6) is -2.63. The molecule has 0 unspecified atom stereocenters. The van der Waals surface area contributed by atoms with Crippen molar-refractivity contribution in [3.8, 4) is 0 Å². The van der Waals surface area contributed by atoms with Gasteiger partial charge in [0, 0.05) is 10.6 Å². The molecule has 5 nitrogen and oxygen atoms in total. The van der Waals surface area contributed by atoms with Crippen LogP contribution in [0, 0.1) is 0 Å². The Hall–Kier alpha value is -0.738. The molecule has 0 N–H and O–H groups in total. The molecule has 23 heavy (non-hydrogen) atoms. The first-order valence-corrected chi connectivity index (χ1v) is 10.9. The van der Waals surface area contributed by atoms with Crippen molar-refractivity contribution < 1.29 is 22.9 Å². The van der Waals surface area contributed by atoms with Crippen molar-refractivity contribution in [2.24, 2.45) is 0 Å². The molecule has 0 fully saturated rings. The van der Waals surface area contributed by atoms with Gasteiger partial charge in [-0.3, -0.25) is 9.59 Å². The molecule has 0 aromatic heterocycles. The van der Waals surface area contributed by atoms with E-state index >= 15 is 0 Å². The molecule has 1 rings (SSSR count). The average molecular weight is 414 g/mol. The number of esters is 1. The van der Waals surface area contributed by atoms with Gasteiger partial charge in [-0.15, -0.1) is 0 Å². The van der Waals surface area contributed by atoms with Gasteiger partial charge in [0.15, 0.2) is 5.57 Å². The van der Waals surface area contributed by atoms with Gasteiger partial charge in [0.1, 0.15) is 5.76 Å². The molecule has 0 amide bonds. The van der Waals surface area contributed by atoms with Gasteiger partial charge in [-0.05, 0) is 42.8 Å². The number of Topliss-reactive ketones (excluding diaryl/α,β-unsaturated/α-hetero) is 1. The third-order valence-corrected chi connectivity index (χ3v) is 3.80. The lowest BCUT2D eigenvalue weighted by molar-refractivity contribution is -0.141. The van der Waals surface area contributed by atoms with E-state index in [0.29, 0.717) is 5.02 Å². The molecule has 0 saturated carbocycles. The molecule has 1 aromatic carbocycles. The predicted octanol–water partition coefficient (Wildman–Crippen LogP) is 3.43. The van der Waals surface area contributed by atoms with Crippen molar-refractivity contribution in [1.29, 1.82) is 0 Å². The molecule has 0 aliphatic rings. The number of rotatable bonds is 7. The summed E-state index contributed by atoms with van der Waals surface area (Å²) < 4.78 is 10.0. The van der Waals surface area contributed by atoms with E-state index in [1.54, 1.807) is 0 Å². The number of ether oxygens (including phenoxy) is 1. The van der Waals surface area contributed by atoms with E-state index in [4.69, 9.17) is 51.8 Å². The second-order valence-corrected chi connectivity index (χ2v) is 8.50. The third kappa shape index (κ3) is 6.00. The fraction of sp³-hybridized carbons (Fsp3) is 0.154. The number of hydrogen-bond acceptors (Lipinski definition) is 5. The van der Waals surface area contributed by atoms with Crippen molar-refractivity contribution >= 4 is 78.7 Å². The Bertz CT molecular complexity index is 642. The summed E-state index contributed by atoms with van der Waals surface area (Å²) in [5.41, 5.74) is -0.407. The van der Waals surface area contributed by atoms with Crippen molar-refractivity contribution in [3.05, 3.63) is 40.4 Å². The zero-order valence-electron chi connectivity index (χ0n) is 11.6. The van der Waals surface area contributed by atoms with Gasteiger partial charge in [-0.2, -0.15) is 20.1 Å². The summed E-state index contributed by atoms with van der Waals surface area (Å²) in [7, 11) is 11.4. The molecule has 10 heteroatoms. The van der Waals surface area contributed by atoms with Crippen LogP contribution in [0.5, 0.6) is 0 Å². The minimum absolute atomic E-state index is 0.0252. The van der Waals surface area contributed by atoms with E-state index in [0.717, 1.165) is 0 Å². The van der Waals surface area contributed by atoms with Crippen LogP contribution in [0.2, 0.25) is 5.02 Å². The standard InChI is InChI=1S/C13H10Cl2O5.Al.2ClH/c1-2-20-13(19)9(11(17)12(15)18)10(16)7-3-5-8(14)6-4-7;;;/h3-6,16H,2H2,1H3;;2*1H/q;+3;;/p-3/b10-9-;;;. The first kappa shape index (κ1) is 20.3. The molecular weight excluding hydrogens is 405 g/mol. The van der Waals surface area contributed by atoms with Gasteiger partial charge in [0.05, 0.1) is 6.61 Å². The van der Waals surface area contributed by atoms with Crippen LogP contribution in [0.3, 0.4) is 0 Å². The first-order valence-electron chi connectivity index (χ1n) is 6.14. The molecule has 1 aromatic rings. The van der Waals surface area contributed by atoms with Crippen LogP contribution in [-0.4, -0.2) is 36.2 Å². The molecule has 0 aliphatic carbocycles. The highest BCUT2D eigenvalue weighted by atomic mass is 35.7. The van der Waals surface area contributed by atoms with Crippen molar-refractivity contribution in [1.82, 2.24) is 0 Å². The van der Waals surface area contributed by atoms with Gasteiger partial charge < -0.3 is 8.53 Å². The summed E-state index contributed by atoms with van der Waals surface area (Å²) >= 11 is 8.23. The Morgan fingerprint density at radius 3 is 2.13 bits per heavy atom. The summed E-state index contributed by atoms with van der Waals surface area (Å²) in [4.78, 5) is 35.3. The number of benzene rings is 1. The predicted molar refractivity (Wildman–Crippen MR) is 89.4 cm³/mol. The van der Waals surface area contributed by atoms with Crippen LogP contribution in [0.4, 0.5) is 0 Å². The fourth-order valence-electron chi connectivity index (χ4n) is 1.55. The van der Waals surface area contributed by atoms with Crippen LogP contribution < -0.4 is 0 Å². The fourth-order valence-corrected chi connectivity index (χ4v) is 2.74. The van der Waals surface area contributed by atoms with Crippen molar-refractivity contribution in [2.45, 2.75) is 6.92 Å². The maximum Gasteiger partial charge on any atom is 0.815 e. The molecule has 0 saturated heterocycles. The van der Waals surface area contributed by atoms with Gasteiger partial charge in [0.25, 0.3) is 11.0 Å². The van der Waals surface area contributed by atoms with E-state index in [9.17, 15) is 14.4 Å². The lowest BCUT2D eigenvalue weighted by atomic mass is 10.1. The zero-order chi connectivity index (χ0) is 17.6. The number of halogens is 4. The van der Waals surface area contributed by atoms with E-state index in [-0.39, 0.29) is 17.9 Å². The monoisotopic (exact) mass is 412 g/mol. The van der Waals surface area contributed by atoms with Crippen LogP contribution in [0.25, 0.3) is 5.76 Å². The van der Waals surface area contributed by atoms with Gasteiger partial charge in [0.2, 0.25) is 0 Å². The second kappa shape index (κ2) is 9.53. The highest BCUT2D eigenvalue weighted by Crippen LogP contribution is 2.26. The topological polar surface area (TPSA) is 69.7 Å². The summed E-state index contributed by atoms with van der Waals surface area (Å²) in [6.07, 6.45) is 0. The van der Waals surface area contributed by atoms with E-state index in [1.165, 1.54) is 31.2 Å². The second-order valence-electron chi connectivity index (χ2n) is 3.91. The Labute approximate surface area is 155 Å². The molecule has 0 radical (unpaired) electrons. The first-order chi connectivity index (χ1) is 10.8. The number of carbonyl (C=O) groups is 3. The quantitative estimate of drug-likeness (QED) is 0.100. The molecule has 0 aliphatic heterocycles. The Balaban J connectivity index is 3.57. The minimum Gasteiger partial charge on any atom is -0.619 e. The normalized spacial score (nSPS) is 11.3.